The van der Waals surface area contributed by atoms with E-state index in [9.17, 15) is 18.0 Å². The Labute approximate surface area is 91.6 Å². The first-order chi connectivity index (χ1) is 7.45. The third-order valence-corrected chi connectivity index (χ3v) is 2.20. The number of hydrogen-bond donors (Lipinski definition) is 0. The molecule has 0 fully saturated rings. The lowest BCUT2D eigenvalue weighted by atomic mass is 10.0. The minimum atomic E-state index is -1.17. The lowest BCUT2D eigenvalue weighted by Crippen LogP contribution is -2.07. The quantitative estimate of drug-likeness (QED) is 0.568. The fraction of sp³-hybridized carbons (Fsp3) is 0.250. The van der Waals surface area contributed by atoms with Gasteiger partial charge in [0.25, 0.3) is 0 Å². The second kappa shape index (κ2) is 4.96. The molecule has 0 saturated heterocycles. The first-order valence-corrected chi connectivity index (χ1v) is 4.80. The van der Waals surface area contributed by atoms with Crippen LogP contribution in [0, 0.1) is 17.5 Å². The molecule has 1 rings (SSSR count). The number of Topliss-reactive ketones (excluding diaryl/α,β-unsaturated/α-hetero) is 1. The summed E-state index contributed by atoms with van der Waals surface area (Å²) in [5.41, 5.74) is -0.121. The van der Waals surface area contributed by atoms with Gasteiger partial charge in [0.05, 0.1) is 5.56 Å². The van der Waals surface area contributed by atoms with Crippen molar-refractivity contribution >= 4 is 5.78 Å². The highest BCUT2D eigenvalue weighted by atomic mass is 19.1. The Kier molecular flexibility index (Phi) is 3.88. The predicted octanol–water partition coefficient (Wildman–Crippen LogP) is 3.64. The molecule has 0 radical (unpaired) electrons. The van der Waals surface area contributed by atoms with E-state index in [0.29, 0.717) is 24.1 Å². The van der Waals surface area contributed by atoms with E-state index in [1.165, 1.54) is 0 Å². The number of allylic oxidation sites excluding steroid dienone is 1. The van der Waals surface area contributed by atoms with E-state index in [0.717, 1.165) is 0 Å². The van der Waals surface area contributed by atoms with Crippen LogP contribution in [0.15, 0.2) is 24.3 Å². The van der Waals surface area contributed by atoms with Crippen molar-refractivity contribution in [1.29, 1.82) is 0 Å². The molecule has 86 valence electrons. The van der Waals surface area contributed by atoms with Crippen molar-refractivity contribution in [3.63, 3.8) is 0 Å². The molecule has 0 spiro atoms. The summed E-state index contributed by atoms with van der Waals surface area (Å²) >= 11 is 0. The summed E-state index contributed by atoms with van der Waals surface area (Å²) in [5, 5.41) is 0. The van der Waals surface area contributed by atoms with Crippen LogP contribution in [0.2, 0.25) is 0 Å². The minimum absolute atomic E-state index is 0.129. The molecular formula is C12H11F3O. The van der Waals surface area contributed by atoms with E-state index in [1.54, 1.807) is 6.92 Å². The third-order valence-electron chi connectivity index (χ3n) is 2.20. The molecule has 1 nitrogen and oxygen atoms in total. The first-order valence-electron chi connectivity index (χ1n) is 4.80. The summed E-state index contributed by atoms with van der Waals surface area (Å²) in [7, 11) is 0. The van der Waals surface area contributed by atoms with Crippen LogP contribution in [0.25, 0.3) is 0 Å². The molecule has 0 aliphatic carbocycles. The average molecular weight is 228 g/mol. The van der Waals surface area contributed by atoms with E-state index in [-0.39, 0.29) is 6.42 Å². The first kappa shape index (κ1) is 12.5. The zero-order valence-corrected chi connectivity index (χ0v) is 8.82. The highest BCUT2D eigenvalue weighted by Gasteiger charge is 2.18. The minimum Gasteiger partial charge on any atom is -0.294 e. The van der Waals surface area contributed by atoms with Gasteiger partial charge in [0.2, 0.25) is 0 Å². The molecule has 0 atom stereocenters. The van der Waals surface area contributed by atoms with Crippen LogP contribution in [0.4, 0.5) is 13.2 Å². The van der Waals surface area contributed by atoms with Crippen LogP contribution in [0.1, 0.15) is 30.1 Å². The standard InChI is InChI=1S/C12H11F3O/c1-3-7(2)4-11(16)12-9(14)5-8(13)6-10(12)15/h5-6H,2-4H2,1H3. The topological polar surface area (TPSA) is 17.1 Å². The van der Waals surface area contributed by atoms with Crippen molar-refractivity contribution in [1.82, 2.24) is 0 Å². The van der Waals surface area contributed by atoms with E-state index in [2.05, 4.69) is 6.58 Å². The number of carbonyl (C=O) groups is 1. The summed E-state index contributed by atoms with van der Waals surface area (Å²) in [4.78, 5) is 11.5. The molecule has 1 aromatic rings. The predicted molar refractivity (Wildman–Crippen MR) is 54.7 cm³/mol. The van der Waals surface area contributed by atoms with E-state index >= 15 is 0 Å². The monoisotopic (exact) mass is 228 g/mol. The Hall–Kier alpha value is -1.58. The number of carbonyl (C=O) groups excluding carboxylic acids is 1. The van der Waals surface area contributed by atoms with Gasteiger partial charge in [0, 0.05) is 18.6 Å². The molecule has 0 amide bonds. The van der Waals surface area contributed by atoms with Crippen molar-refractivity contribution in [2.45, 2.75) is 19.8 Å². The number of rotatable bonds is 4. The fourth-order valence-corrected chi connectivity index (χ4v) is 1.25. The van der Waals surface area contributed by atoms with Gasteiger partial charge in [-0.2, -0.15) is 0 Å². The molecule has 0 N–H and O–H groups in total. The smallest absolute Gasteiger partial charge is 0.172 e. The molecule has 0 aromatic heterocycles. The van der Waals surface area contributed by atoms with E-state index in [1.807, 2.05) is 0 Å². The molecule has 0 bridgehead atoms. The Morgan fingerprint density at radius 1 is 1.25 bits per heavy atom. The lowest BCUT2D eigenvalue weighted by molar-refractivity contribution is 0.0984. The Morgan fingerprint density at radius 3 is 2.19 bits per heavy atom. The van der Waals surface area contributed by atoms with Gasteiger partial charge in [-0.25, -0.2) is 13.2 Å². The van der Waals surface area contributed by atoms with E-state index < -0.39 is 28.8 Å². The normalized spacial score (nSPS) is 10.2. The molecule has 0 heterocycles. The van der Waals surface area contributed by atoms with Crippen LogP contribution in [-0.2, 0) is 0 Å². The largest absolute Gasteiger partial charge is 0.294 e. The van der Waals surface area contributed by atoms with Crippen molar-refractivity contribution in [3.8, 4) is 0 Å². The molecule has 0 saturated carbocycles. The van der Waals surface area contributed by atoms with Crippen LogP contribution in [0.5, 0.6) is 0 Å². The maximum Gasteiger partial charge on any atom is 0.172 e. The van der Waals surface area contributed by atoms with Gasteiger partial charge in [0.1, 0.15) is 17.5 Å². The number of hydrogen-bond acceptors (Lipinski definition) is 1. The van der Waals surface area contributed by atoms with Gasteiger partial charge in [-0.3, -0.25) is 4.79 Å². The molecule has 0 aliphatic heterocycles. The Balaban J connectivity index is 3.04. The van der Waals surface area contributed by atoms with Gasteiger partial charge in [-0.15, -0.1) is 0 Å². The Morgan fingerprint density at radius 2 is 1.75 bits per heavy atom. The van der Waals surface area contributed by atoms with Crippen LogP contribution >= 0.6 is 0 Å². The second-order valence-electron chi connectivity index (χ2n) is 3.45. The zero-order chi connectivity index (χ0) is 12.3. The Bertz CT molecular complexity index is 415. The van der Waals surface area contributed by atoms with Gasteiger partial charge in [0.15, 0.2) is 5.78 Å². The third kappa shape index (κ3) is 2.72. The van der Waals surface area contributed by atoms with Crippen molar-refractivity contribution in [2.75, 3.05) is 0 Å². The molecule has 16 heavy (non-hydrogen) atoms. The summed E-state index contributed by atoms with van der Waals surface area (Å²) in [6.45, 7) is 5.36. The lowest BCUT2D eigenvalue weighted by Gasteiger charge is -2.05. The van der Waals surface area contributed by atoms with Crippen LogP contribution in [-0.4, -0.2) is 5.78 Å². The van der Waals surface area contributed by atoms with Crippen LogP contribution < -0.4 is 0 Å². The second-order valence-corrected chi connectivity index (χ2v) is 3.45. The average Bonchev–Trinajstić information content (AvgIpc) is 2.15. The summed E-state index contributed by atoms with van der Waals surface area (Å²) in [6.07, 6.45) is 0.423. The molecule has 0 aliphatic rings. The van der Waals surface area contributed by atoms with Gasteiger partial charge in [-0.05, 0) is 6.42 Å². The number of benzene rings is 1. The van der Waals surface area contributed by atoms with Crippen LogP contribution in [0.3, 0.4) is 0 Å². The number of ketones is 1. The summed E-state index contributed by atoms with van der Waals surface area (Å²) < 4.78 is 39.0. The SMILES string of the molecule is C=C(CC)CC(=O)c1c(F)cc(F)cc1F. The van der Waals surface area contributed by atoms with Gasteiger partial charge < -0.3 is 0 Å². The molecule has 1 aromatic carbocycles. The molecule has 4 heteroatoms. The summed E-state index contributed by atoms with van der Waals surface area (Å²) in [6, 6.07) is 0.982. The number of halogens is 3. The van der Waals surface area contributed by atoms with E-state index in [4.69, 9.17) is 0 Å². The van der Waals surface area contributed by atoms with Crippen molar-refractivity contribution < 1.29 is 18.0 Å². The highest BCUT2D eigenvalue weighted by Crippen LogP contribution is 2.18. The zero-order valence-electron chi connectivity index (χ0n) is 8.82. The van der Waals surface area contributed by atoms with Crippen molar-refractivity contribution in [3.05, 3.63) is 47.3 Å². The van der Waals surface area contributed by atoms with Gasteiger partial charge in [-0.1, -0.05) is 19.1 Å². The maximum absolute atomic E-state index is 13.2. The molecular weight excluding hydrogens is 217 g/mol. The fourth-order valence-electron chi connectivity index (χ4n) is 1.25. The highest BCUT2D eigenvalue weighted by molar-refractivity contribution is 5.97. The van der Waals surface area contributed by atoms with Gasteiger partial charge >= 0.3 is 0 Å². The molecule has 0 unspecified atom stereocenters. The maximum atomic E-state index is 13.2. The summed E-state index contributed by atoms with van der Waals surface area (Å²) in [5.74, 6) is -4.11. The van der Waals surface area contributed by atoms with Crippen molar-refractivity contribution in [2.24, 2.45) is 0 Å².